The van der Waals surface area contributed by atoms with Crippen LogP contribution in [0.3, 0.4) is 0 Å². The second-order valence-electron chi connectivity index (χ2n) is 3.73. The van der Waals surface area contributed by atoms with Crippen LogP contribution in [0.5, 0.6) is 0 Å². The summed E-state index contributed by atoms with van der Waals surface area (Å²) in [6, 6.07) is 5.82. The van der Waals surface area contributed by atoms with Gasteiger partial charge in [0.1, 0.15) is 5.82 Å². The first-order chi connectivity index (χ1) is 7.75. The van der Waals surface area contributed by atoms with E-state index >= 15 is 0 Å². The third-order valence-corrected chi connectivity index (χ3v) is 3.21. The smallest absolute Gasteiger partial charge is 0.128 e. The lowest BCUT2D eigenvalue weighted by Gasteiger charge is -2.35. The summed E-state index contributed by atoms with van der Waals surface area (Å²) in [5.74, 6) is 1.10. The number of anilines is 1. The highest BCUT2D eigenvalue weighted by Gasteiger charge is 2.17. The van der Waals surface area contributed by atoms with Gasteiger partial charge in [0.15, 0.2) is 0 Å². The predicted octanol–water partition coefficient (Wildman–Crippen LogP) is 0.0402. The van der Waals surface area contributed by atoms with Crippen LogP contribution >= 0.6 is 0 Å². The highest BCUT2D eigenvalue weighted by molar-refractivity contribution is 7.79. The van der Waals surface area contributed by atoms with Gasteiger partial charge in [-0.15, -0.1) is 0 Å². The van der Waals surface area contributed by atoms with Crippen molar-refractivity contribution in [1.82, 2.24) is 9.88 Å². The number of pyridine rings is 1. The van der Waals surface area contributed by atoms with Crippen molar-refractivity contribution in [2.24, 2.45) is 0 Å². The van der Waals surface area contributed by atoms with Gasteiger partial charge in [-0.25, -0.2) is 4.98 Å². The van der Waals surface area contributed by atoms with Gasteiger partial charge in [0, 0.05) is 32.4 Å². The van der Waals surface area contributed by atoms with E-state index in [1.807, 2.05) is 23.1 Å². The molecule has 1 aliphatic rings. The molecule has 5 nitrogen and oxygen atoms in total. The molecule has 0 saturated carbocycles. The summed E-state index contributed by atoms with van der Waals surface area (Å²) in [7, 11) is 0. The number of aromatic nitrogens is 1. The Morgan fingerprint density at radius 3 is 2.62 bits per heavy atom. The van der Waals surface area contributed by atoms with Crippen molar-refractivity contribution in [3.63, 3.8) is 0 Å². The van der Waals surface area contributed by atoms with E-state index in [4.69, 9.17) is 0 Å². The molecule has 88 valence electrons. The Labute approximate surface area is 97.4 Å². The topological polar surface area (TPSA) is 59.5 Å². The fourth-order valence-corrected chi connectivity index (χ4v) is 2.35. The van der Waals surface area contributed by atoms with E-state index in [0.29, 0.717) is 0 Å². The van der Waals surface area contributed by atoms with Crippen LogP contribution in [0.1, 0.15) is 0 Å². The maximum absolute atomic E-state index is 10.6. The van der Waals surface area contributed by atoms with Gasteiger partial charge in [-0.3, -0.25) is 9.11 Å². The maximum Gasteiger partial charge on any atom is 0.128 e. The second-order valence-corrected chi connectivity index (χ2v) is 4.59. The van der Waals surface area contributed by atoms with Gasteiger partial charge in [-0.05, 0) is 23.2 Å². The summed E-state index contributed by atoms with van der Waals surface area (Å²) in [5.41, 5.74) is 0. The summed E-state index contributed by atoms with van der Waals surface area (Å²) in [6.45, 7) is 3.19. The van der Waals surface area contributed by atoms with Gasteiger partial charge in [0.2, 0.25) is 0 Å². The first-order valence-corrected chi connectivity index (χ1v) is 6.44. The van der Waals surface area contributed by atoms with E-state index in [1.165, 1.54) is 0 Å². The lowest BCUT2D eigenvalue weighted by Crippen LogP contribution is -2.47. The number of nitrogens with zero attached hydrogens (tertiary/aromatic N) is 3. The fourth-order valence-electron chi connectivity index (χ4n) is 1.80. The minimum absolute atomic E-state index is 0.135. The molecule has 1 aromatic heterocycles. The molecule has 2 heterocycles. The number of piperazine rings is 1. The molecule has 2 rings (SSSR count). The molecule has 0 aromatic carbocycles. The van der Waals surface area contributed by atoms with Gasteiger partial charge in [0.05, 0.1) is 5.88 Å². The van der Waals surface area contributed by atoms with E-state index in [9.17, 15) is 8.76 Å². The molecule has 1 aromatic rings. The first-order valence-electron chi connectivity index (χ1n) is 5.20. The van der Waals surface area contributed by atoms with Gasteiger partial charge in [-0.2, -0.15) is 0 Å². The van der Waals surface area contributed by atoms with Crippen molar-refractivity contribution in [2.45, 2.75) is 0 Å². The predicted molar refractivity (Wildman–Crippen MR) is 61.8 cm³/mol. The quantitative estimate of drug-likeness (QED) is 0.698. The molecule has 6 heteroatoms. The van der Waals surface area contributed by atoms with Crippen LogP contribution < -0.4 is 4.90 Å². The van der Waals surface area contributed by atoms with Crippen molar-refractivity contribution in [3.8, 4) is 0 Å². The SMILES string of the molecule is O=S([O-])CN1CCN(c2ccccn2)CC1. The molecular formula is C10H14N3O2S-. The van der Waals surface area contributed by atoms with Crippen molar-refractivity contribution < 1.29 is 8.76 Å². The van der Waals surface area contributed by atoms with Crippen LogP contribution in [0.4, 0.5) is 5.82 Å². The van der Waals surface area contributed by atoms with Crippen molar-refractivity contribution >= 4 is 16.9 Å². The van der Waals surface area contributed by atoms with Gasteiger partial charge in [0.25, 0.3) is 0 Å². The Hall–Kier alpha value is -0.980. The fraction of sp³-hybridized carbons (Fsp3) is 0.500. The minimum atomic E-state index is -1.98. The van der Waals surface area contributed by atoms with E-state index in [1.54, 1.807) is 6.20 Å². The highest BCUT2D eigenvalue weighted by atomic mass is 32.2. The average molecular weight is 240 g/mol. The van der Waals surface area contributed by atoms with Crippen molar-refractivity contribution in [1.29, 1.82) is 0 Å². The lowest BCUT2D eigenvalue weighted by atomic mass is 10.3. The van der Waals surface area contributed by atoms with E-state index in [-0.39, 0.29) is 5.88 Å². The Kier molecular flexibility index (Phi) is 3.87. The minimum Gasteiger partial charge on any atom is -0.771 e. The molecule has 1 unspecified atom stereocenters. The lowest BCUT2D eigenvalue weighted by molar-refractivity contribution is 0.291. The molecule has 1 fully saturated rings. The zero-order valence-corrected chi connectivity index (χ0v) is 9.73. The highest BCUT2D eigenvalue weighted by Crippen LogP contribution is 2.12. The first kappa shape index (κ1) is 11.5. The van der Waals surface area contributed by atoms with Crippen LogP contribution in [0.15, 0.2) is 24.4 Å². The Morgan fingerprint density at radius 1 is 1.31 bits per heavy atom. The van der Waals surface area contributed by atoms with Crippen LogP contribution in [0.25, 0.3) is 0 Å². The second kappa shape index (κ2) is 5.38. The zero-order valence-electron chi connectivity index (χ0n) is 8.91. The van der Waals surface area contributed by atoms with Gasteiger partial charge >= 0.3 is 0 Å². The number of hydrogen-bond donors (Lipinski definition) is 0. The van der Waals surface area contributed by atoms with Crippen LogP contribution in [-0.4, -0.2) is 50.7 Å². The van der Waals surface area contributed by atoms with Gasteiger partial charge in [-0.1, -0.05) is 6.07 Å². The van der Waals surface area contributed by atoms with Crippen LogP contribution in [0, 0.1) is 0 Å². The Morgan fingerprint density at radius 2 is 2.06 bits per heavy atom. The average Bonchev–Trinajstić information content (AvgIpc) is 2.30. The summed E-state index contributed by atoms with van der Waals surface area (Å²) >= 11 is -1.98. The molecule has 1 atom stereocenters. The normalized spacial score (nSPS) is 19.7. The molecule has 0 radical (unpaired) electrons. The van der Waals surface area contributed by atoms with Crippen LogP contribution in [0.2, 0.25) is 0 Å². The number of rotatable bonds is 3. The van der Waals surface area contributed by atoms with Crippen molar-refractivity contribution in [3.05, 3.63) is 24.4 Å². The van der Waals surface area contributed by atoms with Gasteiger partial charge < -0.3 is 9.45 Å². The molecule has 0 bridgehead atoms. The maximum atomic E-state index is 10.6. The third-order valence-electron chi connectivity index (χ3n) is 2.63. The van der Waals surface area contributed by atoms with Crippen molar-refractivity contribution in [2.75, 3.05) is 37.0 Å². The molecule has 16 heavy (non-hydrogen) atoms. The summed E-state index contributed by atoms with van der Waals surface area (Å²) in [5, 5.41) is 0. The summed E-state index contributed by atoms with van der Waals surface area (Å²) < 4.78 is 21.1. The number of hydrogen-bond acceptors (Lipinski definition) is 5. The monoisotopic (exact) mass is 240 g/mol. The molecule has 0 amide bonds. The Bertz CT molecular complexity index is 352. The third kappa shape index (κ3) is 3.01. The molecular weight excluding hydrogens is 226 g/mol. The van der Waals surface area contributed by atoms with Crippen LogP contribution in [-0.2, 0) is 11.1 Å². The zero-order chi connectivity index (χ0) is 11.4. The van der Waals surface area contributed by atoms with E-state index in [0.717, 1.165) is 32.0 Å². The molecule has 1 aliphatic heterocycles. The standard InChI is InChI=1S/C10H15N3O2S/c14-16(15)9-12-5-7-13(8-6-12)10-3-1-2-4-11-10/h1-4H,5-9H2,(H,14,15)/p-1. The summed E-state index contributed by atoms with van der Waals surface area (Å²) in [6.07, 6.45) is 1.77. The van der Waals surface area contributed by atoms with E-state index in [2.05, 4.69) is 9.88 Å². The Balaban J connectivity index is 1.88. The largest absolute Gasteiger partial charge is 0.771 e. The van der Waals surface area contributed by atoms with E-state index < -0.39 is 11.1 Å². The molecule has 0 aliphatic carbocycles. The molecule has 0 spiro atoms. The molecule has 0 N–H and O–H groups in total. The molecule has 1 saturated heterocycles. The summed E-state index contributed by atoms with van der Waals surface area (Å²) in [4.78, 5) is 8.38.